The third-order valence-corrected chi connectivity index (χ3v) is 3.50. The number of nitrogens with one attached hydrogen (secondary N) is 1. The van der Waals surface area contributed by atoms with Crippen molar-refractivity contribution in [1.82, 2.24) is 15.1 Å². The summed E-state index contributed by atoms with van der Waals surface area (Å²) in [6, 6.07) is 1.55. The van der Waals surface area contributed by atoms with Gasteiger partial charge in [-0.15, -0.1) is 0 Å². The van der Waals surface area contributed by atoms with Crippen LogP contribution in [0, 0.1) is 0 Å². The summed E-state index contributed by atoms with van der Waals surface area (Å²) >= 11 is 3.29. The number of hydrogen-bond acceptors (Lipinski definition) is 7. The summed E-state index contributed by atoms with van der Waals surface area (Å²) in [5, 5.41) is 6.23. The summed E-state index contributed by atoms with van der Waals surface area (Å²) in [7, 11) is 0. The van der Waals surface area contributed by atoms with E-state index >= 15 is 0 Å². The topological polar surface area (TPSA) is 93.4 Å². The molecule has 0 atom stereocenters. The maximum atomic E-state index is 12.2. The summed E-state index contributed by atoms with van der Waals surface area (Å²) in [5.41, 5.74) is 0.245. The molecule has 0 spiro atoms. The van der Waals surface area contributed by atoms with E-state index in [-0.39, 0.29) is 11.6 Å². The van der Waals surface area contributed by atoms with E-state index in [0.717, 1.165) is 0 Å². The molecule has 8 nitrogen and oxygen atoms in total. The Morgan fingerprint density at radius 3 is 2.90 bits per heavy atom. The van der Waals surface area contributed by atoms with Crippen LogP contribution in [0.1, 0.15) is 10.5 Å². The van der Waals surface area contributed by atoms with Crippen LogP contribution in [0.2, 0.25) is 0 Å². The van der Waals surface area contributed by atoms with Crippen molar-refractivity contribution in [1.29, 1.82) is 0 Å². The Bertz CT molecular complexity index is 628. The van der Waals surface area contributed by atoms with E-state index in [9.17, 15) is 4.79 Å². The third kappa shape index (κ3) is 3.19. The van der Waals surface area contributed by atoms with Gasteiger partial charge in [-0.3, -0.25) is 4.79 Å². The summed E-state index contributed by atoms with van der Waals surface area (Å²) < 4.78 is 10.5. The van der Waals surface area contributed by atoms with Crippen LogP contribution in [0.3, 0.4) is 0 Å². The Morgan fingerprint density at radius 1 is 1.38 bits per heavy atom. The van der Waals surface area contributed by atoms with E-state index in [2.05, 4.69) is 40.9 Å². The molecule has 2 aromatic rings. The Kier molecular flexibility index (Phi) is 4.11. The highest BCUT2D eigenvalue weighted by Crippen LogP contribution is 2.19. The molecule has 21 heavy (non-hydrogen) atoms. The lowest BCUT2D eigenvalue weighted by Crippen LogP contribution is -2.37. The first-order chi connectivity index (χ1) is 10.2. The van der Waals surface area contributed by atoms with Gasteiger partial charge in [-0.1, -0.05) is 5.16 Å². The van der Waals surface area contributed by atoms with E-state index in [0.29, 0.717) is 42.5 Å². The Labute approximate surface area is 128 Å². The molecule has 1 N–H and O–H groups in total. The molecule has 1 saturated heterocycles. The van der Waals surface area contributed by atoms with Gasteiger partial charge in [0.15, 0.2) is 5.82 Å². The molecule has 9 heteroatoms. The summed E-state index contributed by atoms with van der Waals surface area (Å²) in [6.45, 7) is 2.65. The molecule has 2 aromatic heterocycles. The second kappa shape index (κ2) is 6.19. The molecule has 3 heterocycles. The van der Waals surface area contributed by atoms with Gasteiger partial charge < -0.3 is 19.5 Å². The zero-order valence-corrected chi connectivity index (χ0v) is 12.5. The number of nitrogens with zero attached hydrogens (tertiary/aromatic N) is 4. The molecular formula is C12H12BrN5O3. The van der Waals surface area contributed by atoms with Gasteiger partial charge in [0.05, 0.1) is 17.7 Å². The van der Waals surface area contributed by atoms with Crippen molar-refractivity contribution in [2.24, 2.45) is 0 Å². The zero-order chi connectivity index (χ0) is 14.7. The molecule has 1 aliphatic rings. The van der Waals surface area contributed by atoms with Gasteiger partial charge in [-0.2, -0.15) is 0 Å². The number of anilines is 2. The number of aromatic nitrogens is 3. The maximum absolute atomic E-state index is 12.2. The predicted molar refractivity (Wildman–Crippen MR) is 77.2 cm³/mol. The van der Waals surface area contributed by atoms with Crippen molar-refractivity contribution < 1.29 is 14.1 Å². The molecule has 1 fully saturated rings. The fraction of sp³-hybridized carbons (Fsp3) is 0.333. The van der Waals surface area contributed by atoms with Gasteiger partial charge in [0, 0.05) is 25.4 Å². The monoisotopic (exact) mass is 353 g/mol. The van der Waals surface area contributed by atoms with E-state index < -0.39 is 0 Å². The maximum Gasteiger partial charge on any atom is 0.276 e. The quantitative estimate of drug-likeness (QED) is 0.888. The second-order valence-corrected chi connectivity index (χ2v) is 5.16. The molecule has 0 radical (unpaired) electrons. The van der Waals surface area contributed by atoms with Crippen LogP contribution in [0.4, 0.5) is 11.8 Å². The Hall–Kier alpha value is -2.00. The van der Waals surface area contributed by atoms with Crippen molar-refractivity contribution in [3.8, 4) is 0 Å². The summed E-state index contributed by atoms with van der Waals surface area (Å²) in [5.74, 6) is 0.456. The van der Waals surface area contributed by atoms with Gasteiger partial charge in [0.2, 0.25) is 5.95 Å². The first-order valence-corrected chi connectivity index (χ1v) is 7.10. The van der Waals surface area contributed by atoms with Crippen molar-refractivity contribution in [2.45, 2.75) is 0 Å². The number of hydrogen-bond donors (Lipinski definition) is 1. The smallest absolute Gasteiger partial charge is 0.276 e. The third-order valence-electron chi connectivity index (χ3n) is 2.92. The lowest BCUT2D eigenvalue weighted by atomic mass is 10.3. The number of halogens is 1. The largest absolute Gasteiger partial charge is 0.378 e. The summed E-state index contributed by atoms with van der Waals surface area (Å²) in [6.07, 6.45) is 2.94. The number of amides is 1. The van der Waals surface area contributed by atoms with Crippen molar-refractivity contribution in [3.63, 3.8) is 0 Å². The molecule has 0 bridgehead atoms. The van der Waals surface area contributed by atoms with Crippen molar-refractivity contribution in [2.75, 3.05) is 36.5 Å². The van der Waals surface area contributed by atoms with Crippen LogP contribution in [-0.2, 0) is 4.74 Å². The van der Waals surface area contributed by atoms with E-state index in [1.807, 2.05) is 4.90 Å². The first-order valence-electron chi connectivity index (χ1n) is 6.31. The highest BCUT2D eigenvalue weighted by Gasteiger charge is 2.19. The lowest BCUT2D eigenvalue weighted by molar-refractivity contribution is 0.102. The lowest BCUT2D eigenvalue weighted by Gasteiger charge is -2.26. The molecule has 0 aliphatic carbocycles. The molecule has 110 valence electrons. The fourth-order valence-electron chi connectivity index (χ4n) is 1.89. The number of morpholine rings is 1. The van der Waals surface area contributed by atoms with Gasteiger partial charge in [-0.25, -0.2) is 9.97 Å². The molecule has 0 unspecified atom stereocenters. The van der Waals surface area contributed by atoms with Crippen molar-refractivity contribution >= 4 is 33.6 Å². The van der Waals surface area contributed by atoms with E-state index in [1.165, 1.54) is 6.26 Å². The highest BCUT2D eigenvalue weighted by molar-refractivity contribution is 9.10. The number of ether oxygens (including phenoxy) is 1. The van der Waals surface area contributed by atoms with Crippen molar-refractivity contribution in [3.05, 3.63) is 28.7 Å². The highest BCUT2D eigenvalue weighted by atomic mass is 79.9. The van der Waals surface area contributed by atoms with E-state index in [1.54, 1.807) is 12.3 Å². The second-order valence-electron chi connectivity index (χ2n) is 4.30. The van der Waals surface area contributed by atoms with Crippen LogP contribution in [0.5, 0.6) is 0 Å². The zero-order valence-electron chi connectivity index (χ0n) is 11.0. The van der Waals surface area contributed by atoms with E-state index in [4.69, 9.17) is 4.74 Å². The minimum Gasteiger partial charge on any atom is -0.378 e. The fourth-order valence-corrected chi connectivity index (χ4v) is 2.26. The van der Waals surface area contributed by atoms with Gasteiger partial charge in [-0.05, 0) is 15.9 Å². The molecule has 1 amide bonds. The number of carbonyl (C=O) groups excluding carboxylic acids is 1. The van der Waals surface area contributed by atoms with Crippen LogP contribution < -0.4 is 10.2 Å². The van der Waals surface area contributed by atoms with Crippen LogP contribution in [-0.4, -0.2) is 47.3 Å². The van der Waals surface area contributed by atoms with Gasteiger partial charge in [0.1, 0.15) is 12.0 Å². The van der Waals surface area contributed by atoms with Gasteiger partial charge in [0.25, 0.3) is 5.91 Å². The normalized spacial score (nSPS) is 15.0. The average Bonchev–Trinajstić information content (AvgIpc) is 3.01. The molecule has 0 aromatic carbocycles. The first kappa shape index (κ1) is 14.0. The number of rotatable bonds is 3. The SMILES string of the molecule is O=C(Nc1ccon1)c1nc(N2CCOCC2)ncc1Br. The average molecular weight is 354 g/mol. The molecule has 3 rings (SSSR count). The minimum absolute atomic E-state index is 0.245. The van der Waals surface area contributed by atoms with Crippen LogP contribution in [0.25, 0.3) is 0 Å². The minimum atomic E-state index is -0.382. The number of carbonyl (C=O) groups is 1. The molecular weight excluding hydrogens is 342 g/mol. The van der Waals surface area contributed by atoms with Crippen LogP contribution >= 0.6 is 15.9 Å². The van der Waals surface area contributed by atoms with Gasteiger partial charge >= 0.3 is 0 Å². The Balaban J connectivity index is 1.81. The Morgan fingerprint density at radius 2 is 2.19 bits per heavy atom. The standard InChI is InChI=1S/C12H12BrN5O3/c13-8-7-14-12(18-2-5-20-6-3-18)16-10(8)11(19)15-9-1-4-21-17-9/h1,4,7H,2-3,5-6H2,(H,15,17,19). The molecule has 1 aliphatic heterocycles. The predicted octanol–water partition coefficient (Wildman–Crippen LogP) is 1.32. The molecule has 0 saturated carbocycles. The van der Waals surface area contributed by atoms with Crippen LogP contribution in [0.15, 0.2) is 27.5 Å². The summed E-state index contributed by atoms with van der Waals surface area (Å²) in [4.78, 5) is 22.7.